The minimum atomic E-state index is -1.07. The second kappa shape index (κ2) is 5.60. The number of aromatic nitrogens is 3. The summed E-state index contributed by atoms with van der Waals surface area (Å²) in [6, 6.07) is 2.95. The molecular formula is C12H18BrN3O2Si. The summed E-state index contributed by atoms with van der Waals surface area (Å²) in [5.41, 5.74) is 1.03. The molecule has 7 heteroatoms. The summed E-state index contributed by atoms with van der Waals surface area (Å²) < 4.78 is 8.17. The van der Waals surface area contributed by atoms with Crippen LogP contribution < -0.4 is 5.56 Å². The molecule has 0 saturated heterocycles. The van der Waals surface area contributed by atoms with Crippen LogP contribution in [0.25, 0.3) is 11.0 Å². The van der Waals surface area contributed by atoms with Crippen molar-refractivity contribution in [1.29, 1.82) is 0 Å². The summed E-state index contributed by atoms with van der Waals surface area (Å²) in [5, 5.41) is 0. The van der Waals surface area contributed by atoms with E-state index in [0.29, 0.717) is 17.0 Å². The molecule has 0 aliphatic heterocycles. The SMILES string of the molecule is C[Si](C)(C)CCOCn1c(Br)nc2c(=O)[nH]ccc21. The number of hydrogen-bond acceptors (Lipinski definition) is 3. The third kappa shape index (κ3) is 3.55. The molecule has 0 atom stereocenters. The van der Waals surface area contributed by atoms with E-state index < -0.39 is 8.07 Å². The molecule has 19 heavy (non-hydrogen) atoms. The number of nitrogens with one attached hydrogen (secondary N) is 1. The van der Waals surface area contributed by atoms with Crippen LogP contribution in [-0.4, -0.2) is 29.2 Å². The molecule has 5 nitrogen and oxygen atoms in total. The largest absolute Gasteiger partial charge is 0.361 e. The number of hydrogen-bond donors (Lipinski definition) is 1. The molecule has 0 radical (unpaired) electrons. The van der Waals surface area contributed by atoms with Crippen molar-refractivity contribution in [2.45, 2.75) is 32.4 Å². The lowest BCUT2D eigenvalue weighted by atomic mass is 10.4. The molecule has 2 rings (SSSR count). The van der Waals surface area contributed by atoms with Crippen LogP contribution in [-0.2, 0) is 11.5 Å². The maximum Gasteiger partial charge on any atom is 0.276 e. The fourth-order valence-electron chi connectivity index (χ4n) is 1.69. The highest BCUT2D eigenvalue weighted by Gasteiger charge is 2.14. The standard InChI is InChI=1S/C12H18BrN3O2Si/c1-19(2,3)7-6-18-8-16-9-4-5-14-11(17)10(9)15-12(16)13/h4-5H,6-8H2,1-3H3,(H,14,17). The van der Waals surface area contributed by atoms with Crippen molar-refractivity contribution >= 4 is 35.0 Å². The summed E-state index contributed by atoms with van der Waals surface area (Å²) in [5.74, 6) is 0. The smallest absolute Gasteiger partial charge is 0.276 e. The highest BCUT2D eigenvalue weighted by molar-refractivity contribution is 9.10. The predicted molar refractivity (Wildman–Crippen MR) is 82.2 cm³/mol. The van der Waals surface area contributed by atoms with E-state index in [2.05, 4.69) is 45.5 Å². The zero-order chi connectivity index (χ0) is 14.0. The van der Waals surface area contributed by atoms with Gasteiger partial charge in [0.25, 0.3) is 5.56 Å². The monoisotopic (exact) mass is 343 g/mol. The number of ether oxygens (including phenoxy) is 1. The maximum atomic E-state index is 11.6. The fourth-order valence-corrected chi connectivity index (χ4v) is 2.92. The van der Waals surface area contributed by atoms with Crippen LogP contribution in [0.5, 0.6) is 0 Å². The summed E-state index contributed by atoms with van der Waals surface area (Å²) in [6.07, 6.45) is 1.62. The average Bonchev–Trinajstić information content (AvgIpc) is 2.62. The Bertz CT molecular complexity index is 630. The molecule has 0 aliphatic rings. The second-order valence-corrected chi connectivity index (χ2v) is 12.0. The van der Waals surface area contributed by atoms with E-state index in [0.717, 1.165) is 18.2 Å². The molecule has 0 spiro atoms. The second-order valence-electron chi connectivity index (χ2n) is 5.70. The Morgan fingerprint density at radius 2 is 2.21 bits per heavy atom. The Morgan fingerprint density at radius 3 is 2.89 bits per heavy atom. The Balaban J connectivity index is 2.11. The van der Waals surface area contributed by atoms with Gasteiger partial charge in [-0.25, -0.2) is 4.98 Å². The molecule has 104 valence electrons. The first-order chi connectivity index (χ1) is 8.88. The van der Waals surface area contributed by atoms with E-state index in [4.69, 9.17) is 4.74 Å². The Morgan fingerprint density at radius 1 is 1.47 bits per heavy atom. The van der Waals surface area contributed by atoms with Crippen LogP contribution in [0, 0.1) is 0 Å². The molecule has 0 unspecified atom stereocenters. The van der Waals surface area contributed by atoms with E-state index in [1.165, 1.54) is 0 Å². The van der Waals surface area contributed by atoms with Crippen molar-refractivity contribution in [3.8, 4) is 0 Å². The van der Waals surface area contributed by atoms with Crippen LogP contribution in [0.15, 0.2) is 21.8 Å². The number of halogens is 1. The van der Waals surface area contributed by atoms with Crippen molar-refractivity contribution in [2.75, 3.05) is 6.61 Å². The third-order valence-electron chi connectivity index (χ3n) is 2.85. The van der Waals surface area contributed by atoms with E-state index in [1.54, 1.807) is 6.20 Å². The van der Waals surface area contributed by atoms with Gasteiger partial charge in [0.1, 0.15) is 6.73 Å². The first-order valence-electron chi connectivity index (χ1n) is 6.20. The van der Waals surface area contributed by atoms with Gasteiger partial charge in [0.05, 0.1) is 5.52 Å². The summed E-state index contributed by atoms with van der Waals surface area (Å²) in [6.45, 7) is 8.10. The van der Waals surface area contributed by atoms with E-state index in [9.17, 15) is 4.79 Å². The minimum Gasteiger partial charge on any atom is -0.361 e. The lowest BCUT2D eigenvalue weighted by molar-refractivity contribution is 0.0884. The molecule has 0 fully saturated rings. The van der Waals surface area contributed by atoms with Crippen LogP contribution >= 0.6 is 15.9 Å². The lowest BCUT2D eigenvalue weighted by Gasteiger charge is -2.15. The normalized spacial score (nSPS) is 12.2. The molecule has 0 bridgehead atoms. The van der Waals surface area contributed by atoms with Gasteiger partial charge < -0.3 is 9.72 Å². The van der Waals surface area contributed by atoms with Crippen molar-refractivity contribution in [2.24, 2.45) is 0 Å². The number of fused-ring (bicyclic) bond motifs is 1. The van der Waals surface area contributed by atoms with Gasteiger partial charge in [-0.1, -0.05) is 19.6 Å². The molecule has 0 amide bonds. The highest BCUT2D eigenvalue weighted by atomic mass is 79.9. The van der Waals surface area contributed by atoms with Gasteiger partial charge in [0.2, 0.25) is 0 Å². The Labute approximate surface area is 121 Å². The zero-order valence-corrected chi connectivity index (χ0v) is 14.0. The number of imidazole rings is 1. The topological polar surface area (TPSA) is 59.9 Å². The molecule has 2 aromatic rings. The molecule has 2 aromatic heterocycles. The van der Waals surface area contributed by atoms with Crippen LogP contribution in [0.1, 0.15) is 0 Å². The third-order valence-corrected chi connectivity index (χ3v) is 5.16. The number of aromatic amines is 1. The summed E-state index contributed by atoms with van der Waals surface area (Å²) >= 11 is 3.36. The summed E-state index contributed by atoms with van der Waals surface area (Å²) in [7, 11) is -1.07. The molecule has 2 heterocycles. The lowest BCUT2D eigenvalue weighted by Crippen LogP contribution is -2.22. The Kier molecular flexibility index (Phi) is 4.27. The highest BCUT2D eigenvalue weighted by Crippen LogP contribution is 2.17. The molecule has 0 aliphatic carbocycles. The van der Waals surface area contributed by atoms with Gasteiger partial charge in [-0.05, 0) is 28.0 Å². The fraction of sp³-hybridized carbons (Fsp3) is 0.500. The van der Waals surface area contributed by atoms with Gasteiger partial charge in [-0.3, -0.25) is 9.36 Å². The summed E-state index contributed by atoms with van der Waals surface area (Å²) in [4.78, 5) is 18.4. The molecule has 1 N–H and O–H groups in total. The average molecular weight is 344 g/mol. The van der Waals surface area contributed by atoms with Crippen molar-refractivity contribution in [3.63, 3.8) is 0 Å². The van der Waals surface area contributed by atoms with Crippen molar-refractivity contribution < 1.29 is 4.74 Å². The number of nitrogens with zero attached hydrogens (tertiary/aromatic N) is 2. The van der Waals surface area contributed by atoms with Crippen molar-refractivity contribution in [1.82, 2.24) is 14.5 Å². The Hall–Kier alpha value is -0.923. The minimum absolute atomic E-state index is 0.181. The zero-order valence-electron chi connectivity index (χ0n) is 11.4. The molecule has 0 aromatic carbocycles. The molecule has 0 saturated carbocycles. The first-order valence-corrected chi connectivity index (χ1v) is 10.7. The van der Waals surface area contributed by atoms with E-state index >= 15 is 0 Å². The van der Waals surface area contributed by atoms with Gasteiger partial charge in [0, 0.05) is 20.9 Å². The molecular weight excluding hydrogens is 326 g/mol. The number of H-pyrrole nitrogens is 1. The quantitative estimate of drug-likeness (QED) is 0.670. The predicted octanol–water partition coefficient (Wildman–Crippen LogP) is 2.80. The van der Waals surface area contributed by atoms with Crippen LogP contribution in [0.3, 0.4) is 0 Å². The van der Waals surface area contributed by atoms with Gasteiger partial charge >= 0.3 is 0 Å². The van der Waals surface area contributed by atoms with E-state index in [-0.39, 0.29) is 5.56 Å². The van der Waals surface area contributed by atoms with Crippen LogP contribution in [0.4, 0.5) is 0 Å². The van der Waals surface area contributed by atoms with Crippen molar-refractivity contribution in [3.05, 3.63) is 27.4 Å². The maximum absolute atomic E-state index is 11.6. The number of rotatable bonds is 5. The van der Waals surface area contributed by atoms with Gasteiger partial charge in [-0.15, -0.1) is 0 Å². The first kappa shape index (κ1) is 14.5. The van der Waals surface area contributed by atoms with Gasteiger partial charge in [0.15, 0.2) is 10.3 Å². The van der Waals surface area contributed by atoms with Crippen LogP contribution in [0.2, 0.25) is 25.7 Å². The van der Waals surface area contributed by atoms with Gasteiger partial charge in [-0.2, -0.15) is 0 Å². The van der Waals surface area contributed by atoms with E-state index in [1.807, 2.05) is 10.6 Å². The number of pyridine rings is 1.